The number of alkyl halides is 3. The standard InChI is InChI=1S/C8H7F3O2S.C3H8/c1-14(12,13)7-5-3-2-4-6(7)8(9,10)11;1-3-2/h2-5H,1H3;3H2,1-2H3. The van der Waals surface area contributed by atoms with Gasteiger partial charge < -0.3 is 0 Å². The number of halogens is 3. The monoisotopic (exact) mass is 268 g/mol. The van der Waals surface area contributed by atoms with Crippen molar-refractivity contribution in [1.29, 1.82) is 0 Å². The Hall–Kier alpha value is -1.04. The van der Waals surface area contributed by atoms with E-state index in [2.05, 4.69) is 13.8 Å². The van der Waals surface area contributed by atoms with E-state index in [0.717, 1.165) is 24.5 Å². The van der Waals surface area contributed by atoms with E-state index < -0.39 is 26.5 Å². The van der Waals surface area contributed by atoms with E-state index in [-0.39, 0.29) is 0 Å². The molecule has 1 aromatic carbocycles. The zero-order valence-electron chi connectivity index (χ0n) is 9.88. The third kappa shape index (κ3) is 5.21. The van der Waals surface area contributed by atoms with Crippen LogP contribution in [0.3, 0.4) is 0 Å². The summed E-state index contributed by atoms with van der Waals surface area (Å²) in [7, 11) is -3.84. The number of rotatable bonds is 1. The van der Waals surface area contributed by atoms with E-state index in [0.29, 0.717) is 0 Å². The van der Waals surface area contributed by atoms with Gasteiger partial charge >= 0.3 is 6.18 Å². The second-order valence-corrected chi connectivity index (χ2v) is 5.46. The molecule has 0 saturated heterocycles. The summed E-state index contributed by atoms with van der Waals surface area (Å²) in [6.07, 6.45) is -2.64. The number of benzene rings is 1. The van der Waals surface area contributed by atoms with Crippen LogP contribution in [0.5, 0.6) is 0 Å². The summed E-state index contributed by atoms with van der Waals surface area (Å²) in [5.41, 5.74) is -1.12. The highest BCUT2D eigenvalue weighted by molar-refractivity contribution is 7.90. The van der Waals surface area contributed by atoms with Gasteiger partial charge in [0.1, 0.15) is 0 Å². The van der Waals surface area contributed by atoms with Crippen molar-refractivity contribution >= 4 is 9.84 Å². The lowest BCUT2D eigenvalue weighted by Gasteiger charge is -2.10. The van der Waals surface area contributed by atoms with Crippen LogP contribution in [0.25, 0.3) is 0 Å². The Balaban J connectivity index is 0.000000770. The molecule has 0 aliphatic rings. The van der Waals surface area contributed by atoms with Crippen molar-refractivity contribution in [1.82, 2.24) is 0 Å². The molecule has 0 heterocycles. The summed E-state index contributed by atoms with van der Waals surface area (Å²) in [5, 5.41) is 0. The largest absolute Gasteiger partial charge is 0.417 e. The van der Waals surface area contributed by atoms with Crippen molar-refractivity contribution in [2.75, 3.05) is 6.26 Å². The minimum absolute atomic E-state index is 0.687. The molecule has 6 heteroatoms. The Morgan fingerprint density at radius 1 is 1.12 bits per heavy atom. The molecule has 0 N–H and O–H groups in total. The van der Waals surface area contributed by atoms with E-state index in [1.54, 1.807) is 0 Å². The van der Waals surface area contributed by atoms with Gasteiger partial charge in [-0.1, -0.05) is 32.4 Å². The molecule has 0 saturated carbocycles. The Labute approximate surface area is 99.4 Å². The van der Waals surface area contributed by atoms with Crippen LogP contribution in [0.4, 0.5) is 13.2 Å². The zero-order chi connectivity index (χ0) is 13.7. The molecule has 98 valence electrons. The van der Waals surface area contributed by atoms with Crippen molar-refractivity contribution in [2.24, 2.45) is 0 Å². The van der Waals surface area contributed by atoms with Gasteiger partial charge in [0.2, 0.25) is 0 Å². The highest BCUT2D eigenvalue weighted by atomic mass is 32.2. The Morgan fingerprint density at radius 3 is 1.82 bits per heavy atom. The average molecular weight is 268 g/mol. The van der Waals surface area contributed by atoms with E-state index in [4.69, 9.17) is 0 Å². The van der Waals surface area contributed by atoms with Gasteiger partial charge in [-0.05, 0) is 12.1 Å². The van der Waals surface area contributed by atoms with Crippen molar-refractivity contribution < 1.29 is 21.6 Å². The minimum Gasteiger partial charge on any atom is -0.224 e. The highest BCUT2D eigenvalue weighted by Crippen LogP contribution is 2.33. The summed E-state index contributed by atoms with van der Waals surface area (Å²) >= 11 is 0. The first-order valence-electron chi connectivity index (χ1n) is 5.00. The van der Waals surface area contributed by atoms with Crippen LogP contribution in [0, 0.1) is 0 Å². The van der Waals surface area contributed by atoms with Gasteiger partial charge in [-0.3, -0.25) is 0 Å². The lowest BCUT2D eigenvalue weighted by atomic mass is 10.2. The minimum atomic E-state index is -4.64. The molecule has 0 aromatic heterocycles. The molecular formula is C11H15F3O2S. The molecule has 0 bridgehead atoms. The first-order chi connectivity index (χ1) is 7.64. The third-order valence-electron chi connectivity index (χ3n) is 1.59. The SMILES string of the molecule is CCC.CS(=O)(=O)c1ccccc1C(F)(F)F. The predicted octanol–water partition coefficient (Wildman–Crippen LogP) is 3.53. The van der Waals surface area contributed by atoms with Gasteiger partial charge in [0, 0.05) is 6.26 Å². The Morgan fingerprint density at radius 2 is 1.53 bits per heavy atom. The quantitative estimate of drug-likeness (QED) is 0.781. The van der Waals surface area contributed by atoms with Gasteiger partial charge in [0.05, 0.1) is 10.5 Å². The maximum Gasteiger partial charge on any atom is 0.417 e. The first kappa shape index (κ1) is 16.0. The molecule has 0 aliphatic heterocycles. The molecule has 1 rings (SSSR count). The van der Waals surface area contributed by atoms with Crippen molar-refractivity contribution in [3.05, 3.63) is 29.8 Å². The Bertz CT molecular complexity index is 450. The molecule has 0 spiro atoms. The first-order valence-corrected chi connectivity index (χ1v) is 6.90. The fraction of sp³-hybridized carbons (Fsp3) is 0.455. The van der Waals surface area contributed by atoms with Crippen LogP contribution in [-0.4, -0.2) is 14.7 Å². The van der Waals surface area contributed by atoms with Gasteiger partial charge in [0.15, 0.2) is 9.84 Å². The summed E-state index contributed by atoms with van der Waals surface area (Å²) in [4.78, 5) is -0.687. The molecule has 0 unspecified atom stereocenters. The number of hydrogen-bond acceptors (Lipinski definition) is 2. The molecule has 0 atom stereocenters. The van der Waals surface area contributed by atoms with Crippen LogP contribution in [0.15, 0.2) is 29.2 Å². The van der Waals surface area contributed by atoms with Crippen molar-refractivity contribution in [3.63, 3.8) is 0 Å². The van der Waals surface area contributed by atoms with Crippen LogP contribution in [-0.2, 0) is 16.0 Å². The molecular weight excluding hydrogens is 253 g/mol. The Kier molecular flexibility index (Phi) is 5.68. The van der Waals surface area contributed by atoms with E-state index >= 15 is 0 Å². The third-order valence-corrected chi connectivity index (χ3v) is 2.75. The fourth-order valence-corrected chi connectivity index (χ4v) is 1.93. The van der Waals surface area contributed by atoms with Gasteiger partial charge in [-0.25, -0.2) is 8.42 Å². The van der Waals surface area contributed by atoms with Crippen LogP contribution >= 0.6 is 0 Å². The summed E-state index contributed by atoms with van der Waals surface area (Å²) in [6, 6.07) is 4.09. The van der Waals surface area contributed by atoms with Crippen LogP contribution in [0.2, 0.25) is 0 Å². The maximum atomic E-state index is 12.3. The maximum absolute atomic E-state index is 12.3. The summed E-state index contributed by atoms with van der Waals surface area (Å²) in [5.74, 6) is 0. The molecule has 0 fully saturated rings. The highest BCUT2D eigenvalue weighted by Gasteiger charge is 2.35. The number of hydrogen-bond donors (Lipinski definition) is 0. The molecule has 17 heavy (non-hydrogen) atoms. The lowest BCUT2D eigenvalue weighted by molar-refractivity contribution is -0.139. The number of sulfone groups is 1. The topological polar surface area (TPSA) is 34.1 Å². The van der Waals surface area contributed by atoms with Gasteiger partial charge in [0.25, 0.3) is 0 Å². The van der Waals surface area contributed by atoms with Crippen molar-refractivity contribution in [2.45, 2.75) is 31.3 Å². The second kappa shape index (κ2) is 6.05. The fourth-order valence-electron chi connectivity index (χ4n) is 1.02. The van der Waals surface area contributed by atoms with Crippen molar-refractivity contribution in [3.8, 4) is 0 Å². The predicted molar refractivity (Wildman–Crippen MR) is 60.5 cm³/mol. The van der Waals surface area contributed by atoms with E-state index in [9.17, 15) is 21.6 Å². The average Bonchev–Trinajstić information content (AvgIpc) is 2.16. The molecule has 2 nitrogen and oxygen atoms in total. The molecule has 0 amide bonds. The molecule has 1 aromatic rings. The van der Waals surface area contributed by atoms with E-state index in [1.165, 1.54) is 12.5 Å². The van der Waals surface area contributed by atoms with Gasteiger partial charge in [-0.15, -0.1) is 0 Å². The summed E-state index contributed by atoms with van der Waals surface area (Å²) < 4.78 is 58.9. The summed E-state index contributed by atoms with van der Waals surface area (Å²) in [6.45, 7) is 4.25. The van der Waals surface area contributed by atoms with Crippen LogP contribution < -0.4 is 0 Å². The normalized spacial score (nSPS) is 11.6. The molecule has 0 aliphatic carbocycles. The van der Waals surface area contributed by atoms with Crippen LogP contribution in [0.1, 0.15) is 25.8 Å². The lowest BCUT2D eigenvalue weighted by Crippen LogP contribution is -2.11. The zero-order valence-corrected chi connectivity index (χ0v) is 10.7. The second-order valence-electron chi connectivity index (χ2n) is 3.47. The molecule has 0 radical (unpaired) electrons. The van der Waals surface area contributed by atoms with Gasteiger partial charge in [-0.2, -0.15) is 13.2 Å². The van der Waals surface area contributed by atoms with E-state index in [1.807, 2.05) is 0 Å². The smallest absolute Gasteiger partial charge is 0.224 e.